The summed E-state index contributed by atoms with van der Waals surface area (Å²) in [6.07, 6.45) is 0. The summed E-state index contributed by atoms with van der Waals surface area (Å²) in [7, 11) is 0. The van der Waals surface area contributed by atoms with Crippen LogP contribution in [0.1, 0.15) is 19.4 Å². The molecule has 0 bridgehead atoms. The molecule has 0 saturated heterocycles. The van der Waals surface area contributed by atoms with Gasteiger partial charge in [0.05, 0.1) is 17.1 Å². The van der Waals surface area contributed by atoms with Crippen molar-refractivity contribution in [1.82, 2.24) is 4.98 Å². The highest BCUT2D eigenvalue weighted by atomic mass is 35.5. The number of anilines is 1. The predicted molar refractivity (Wildman–Crippen MR) is 83.9 cm³/mol. The fourth-order valence-corrected chi connectivity index (χ4v) is 2.19. The zero-order valence-corrected chi connectivity index (χ0v) is 12.6. The van der Waals surface area contributed by atoms with Crippen LogP contribution in [0.25, 0.3) is 0 Å². The Labute approximate surface area is 128 Å². The number of aromatic nitrogens is 1. The van der Waals surface area contributed by atoms with Gasteiger partial charge in [0, 0.05) is 12.0 Å². The van der Waals surface area contributed by atoms with Gasteiger partial charge in [-0.3, -0.25) is 10.1 Å². The largest absolute Gasteiger partial charge is 0.369 e. The van der Waals surface area contributed by atoms with Crippen molar-refractivity contribution in [3.05, 3.63) is 63.3 Å². The highest BCUT2D eigenvalue weighted by Gasteiger charge is 2.20. The second-order valence-corrected chi connectivity index (χ2v) is 5.78. The Morgan fingerprint density at radius 3 is 2.57 bits per heavy atom. The van der Waals surface area contributed by atoms with Crippen molar-refractivity contribution in [3.63, 3.8) is 0 Å². The van der Waals surface area contributed by atoms with Gasteiger partial charge in [-0.25, -0.2) is 4.98 Å². The van der Waals surface area contributed by atoms with E-state index in [-0.39, 0.29) is 16.3 Å². The first kappa shape index (κ1) is 15.3. The maximum absolute atomic E-state index is 10.8. The van der Waals surface area contributed by atoms with Gasteiger partial charge < -0.3 is 5.32 Å². The van der Waals surface area contributed by atoms with Gasteiger partial charge in [-0.05, 0) is 5.56 Å². The average Bonchev–Trinajstić information content (AvgIpc) is 2.45. The molecule has 21 heavy (non-hydrogen) atoms. The monoisotopic (exact) mass is 305 g/mol. The van der Waals surface area contributed by atoms with E-state index in [1.165, 1.54) is 17.7 Å². The van der Waals surface area contributed by atoms with Crippen molar-refractivity contribution in [1.29, 1.82) is 0 Å². The van der Waals surface area contributed by atoms with Gasteiger partial charge in [0.2, 0.25) is 0 Å². The van der Waals surface area contributed by atoms with E-state index in [9.17, 15) is 10.1 Å². The summed E-state index contributed by atoms with van der Waals surface area (Å²) in [6.45, 7) is 4.77. The van der Waals surface area contributed by atoms with E-state index in [1.807, 2.05) is 18.2 Å². The third-order valence-electron chi connectivity index (χ3n) is 3.26. The summed E-state index contributed by atoms with van der Waals surface area (Å²) in [5.74, 6) is 0.401. The molecule has 0 aliphatic heterocycles. The quantitative estimate of drug-likeness (QED) is 0.514. The molecule has 5 nitrogen and oxygen atoms in total. The predicted octanol–water partition coefficient (Wildman–Crippen LogP) is 4.03. The van der Waals surface area contributed by atoms with Gasteiger partial charge in [-0.15, -0.1) is 0 Å². The zero-order chi connectivity index (χ0) is 15.5. The van der Waals surface area contributed by atoms with E-state index in [0.717, 1.165) is 0 Å². The van der Waals surface area contributed by atoms with E-state index < -0.39 is 4.92 Å². The molecule has 2 rings (SSSR count). The lowest BCUT2D eigenvalue weighted by atomic mass is 9.84. The van der Waals surface area contributed by atoms with Crippen LogP contribution in [0.15, 0.2) is 42.5 Å². The van der Waals surface area contributed by atoms with E-state index in [4.69, 9.17) is 11.6 Å². The maximum Gasteiger partial charge on any atom is 0.276 e. The van der Waals surface area contributed by atoms with Crippen molar-refractivity contribution in [2.45, 2.75) is 19.3 Å². The minimum absolute atomic E-state index is 0.0741. The molecule has 1 heterocycles. The Kier molecular flexibility index (Phi) is 4.43. The van der Waals surface area contributed by atoms with Crippen LogP contribution in [0.3, 0.4) is 0 Å². The van der Waals surface area contributed by atoms with Gasteiger partial charge in [0.25, 0.3) is 5.69 Å². The number of nitrogens with zero attached hydrogens (tertiary/aromatic N) is 2. The lowest BCUT2D eigenvalue weighted by Crippen LogP contribution is -2.27. The van der Waals surface area contributed by atoms with Crippen LogP contribution in [-0.4, -0.2) is 16.5 Å². The van der Waals surface area contributed by atoms with Crippen LogP contribution >= 0.6 is 11.6 Å². The molecule has 0 spiro atoms. The fraction of sp³-hybridized carbons (Fsp3) is 0.267. The molecule has 1 aromatic heterocycles. The summed E-state index contributed by atoms with van der Waals surface area (Å²) in [5.41, 5.74) is 0.962. The van der Waals surface area contributed by atoms with Gasteiger partial charge in [0.1, 0.15) is 11.0 Å². The number of nitro groups is 1. The summed E-state index contributed by atoms with van der Waals surface area (Å²) in [5, 5.41) is 14.0. The minimum atomic E-state index is -0.485. The first-order chi connectivity index (χ1) is 9.88. The molecule has 0 amide bonds. The SMILES string of the molecule is CC(C)(CNc1cc([N+](=O)[O-])cc(Cl)n1)c1ccccc1. The van der Waals surface area contributed by atoms with Crippen LogP contribution < -0.4 is 5.32 Å². The zero-order valence-electron chi connectivity index (χ0n) is 11.8. The summed E-state index contributed by atoms with van der Waals surface area (Å²) < 4.78 is 0. The number of nitrogens with one attached hydrogen (secondary N) is 1. The normalized spacial score (nSPS) is 11.2. The molecule has 0 unspecified atom stereocenters. The van der Waals surface area contributed by atoms with Crippen molar-refractivity contribution >= 4 is 23.1 Å². The number of hydrogen-bond acceptors (Lipinski definition) is 4. The van der Waals surface area contributed by atoms with Crippen LogP contribution in [0.4, 0.5) is 11.5 Å². The second-order valence-electron chi connectivity index (χ2n) is 5.39. The number of halogens is 1. The highest BCUT2D eigenvalue weighted by molar-refractivity contribution is 6.29. The molecular weight excluding hydrogens is 290 g/mol. The second kappa shape index (κ2) is 6.10. The summed E-state index contributed by atoms with van der Waals surface area (Å²) >= 11 is 5.81. The first-order valence-corrected chi connectivity index (χ1v) is 6.88. The number of rotatable bonds is 5. The van der Waals surface area contributed by atoms with E-state index in [2.05, 4.69) is 36.3 Å². The van der Waals surface area contributed by atoms with E-state index in [1.54, 1.807) is 0 Å². The third kappa shape index (κ3) is 3.92. The molecule has 0 aliphatic carbocycles. The number of pyridine rings is 1. The highest BCUT2D eigenvalue weighted by Crippen LogP contribution is 2.25. The van der Waals surface area contributed by atoms with Gasteiger partial charge in [-0.2, -0.15) is 0 Å². The van der Waals surface area contributed by atoms with E-state index in [0.29, 0.717) is 12.4 Å². The van der Waals surface area contributed by atoms with E-state index >= 15 is 0 Å². The van der Waals surface area contributed by atoms with Crippen LogP contribution in [0.2, 0.25) is 5.15 Å². The fourth-order valence-electron chi connectivity index (χ4n) is 1.98. The molecule has 0 fully saturated rings. The van der Waals surface area contributed by atoms with Crippen LogP contribution in [-0.2, 0) is 5.41 Å². The smallest absolute Gasteiger partial charge is 0.276 e. The standard InChI is InChI=1S/C15H16ClN3O2/c1-15(2,11-6-4-3-5-7-11)10-17-14-9-12(19(20)21)8-13(16)18-14/h3-9H,10H2,1-2H3,(H,17,18). The maximum atomic E-state index is 10.8. The lowest BCUT2D eigenvalue weighted by Gasteiger charge is -2.25. The Bertz CT molecular complexity index is 645. The molecule has 0 saturated carbocycles. The van der Waals surface area contributed by atoms with Gasteiger partial charge in [0.15, 0.2) is 0 Å². The number of benzene rings is 1. The summed E-state index contributed by atoms with van der Waals surface area (Å²) in [4.78, 5) is 14.4. The summed E-state index contributed by atoms with van der Waals surface area (Å²) in [6, 6.07) is 12.7. The Morgan fingerprint density at radius 2 is 1.95 bits per heavy atom. The molecule has 110 valence electrons. The van der Waals surface area contributed by atoms with Crippen LogP contribution in [0.5, 0.6) is 0 Å². The molecule has 2 aromatic rings. The molecule has 0 radical (unpaired) electrons. The van der Waals surface area contributed by atoms with Crippen molar-refractivity contribution in [2.75, 3.05) is 11.9 Å². The molecule has 1 N–H and O–H groups in total. The average molecular weight is 306 g/mol. The van der Waals surface area contributed by atoms with Crippen molar-refractivity contribution in [3.8, 4) is 0 Å². The Morgan fingerprint density at radius 1 is 1.29 bits per heavy atom. The molecule has 1 aromatic carbocycles. The third-order valence-corrected chi connectivity index (χ3v) is 3.45. The Hall–Kier alpha value is -2.14. The van der Waals surface area contributed by atoms with Crippen molar-refractivity contribution in [2.24, 2.45) is 0 Å². The van der Waals surface area contributed by atoms with Crippen molar-refractivity contribution < 1.29 is 4.92 Å². The molecule has 6 heteroatoms. The van der Waals surface area contributed by atoms with Crippen LogP contribution in [0, 0.1) is 10.1 Å². The first-order valence-electron chi connectivity index (χ1n) is 6.50. The van der Waals surface area contributed by atoms with Gasteiger partial charge >= 0.3 is 0 Å². The lowest BCUT2D eigenvalue weighted by molar-refractivity contribution is -0.384. The molecular formula is C15H16ClN3O2. The molecule has 0 aliphatic rings. The topological polar surface area (TPSA) is 68.1 Å². The molecule has 0 atom stereocenters. The Balaban J connectivity index is 2.14. The minimum Gasteiger partial charge on any atom is -0.369 e. The number of hydrogen-bond donors (Lipinski definition) is 1. The van der Waals surface area contributed by atoms with Gasteiger partial charge in [-0.1, -0.05) is 55.8 Å².